The number of fused-ring (bicyclic) bond motifs is 3. The standard InChI is InChI=1S/C57H88F3NO16/c1-35-15-11-10-12-16-36(2)47(74-27-25-72-26-28-75-57(58,59)60)33-43-20-18-41(7)56(69,77-43)53(66)54(67)61-22-14-13-17-44(61)55(68)76-48(38(4)31-42-19-21-46(73-24-23-62)49(32-42)70-8)34-45(63)37(3)30-40(6)51(65)52(71-9)50(64)39(5)29-35/h10-12,15-16,30,35,37-39,41-44,46-49,51-52,62,65,69H,13-14,17-29,31-34H2,1-9H3/b12-10+,15-11+,36-16+,40-30+/t35-,37-,38-,39-,41-,42?,43+,44+,46-,47-,48?,49-,51-,52+,56-/m1/s1. The van der Waals surface area contributed by atoms with Crippen molar-refractivity contribution in [1.82, 2.24) is 4.90 Å². The first-order valence-corrected chi connectivity index (χ1v) is 27.5. The summed E-state index contributed by atoms with van der Waals surface area (Å²) >= 11 is 0. The molecule has 77 heavy (non-hydrogen) atoms. The van der Waals surface area contributed by atoms with Crippen molar-refractivity contribution in [2.45, 2.75) is 186 Å². The first-order valence-electron chi connectivity index (χ1n) is 27.5. The maximum atomic E-state index is 14.6. The SMILES string of the molecule is CO[C@@H]1CC(C[C@@H](C)C2CC(=O)[C@H](C)/C=C(\C)[C@@H](O)[C@@H](OC)C(=O)[C@H](C)C[C@H](C)/C=C/C=C/C=C(\C)[C@H](OCCOCCOC(F)(F)F)C[C@@H]3CC[C@@H](C)[C@@](O)(O3)C(=O)C(=O)N3CCCC[C@H]3C(=O)O2)CC[C@H]1OCCO. The van der Waals surface area contributed by atoms with Crippen molar-refractivity contribution in [1.29, 1.82) is 0 Å². The van der Waals surface area contributed by atoms with Gasteiger partial charge in [-0.05, 0) is 107 Å². The largest absolute Gasteiger partial charge is 0.522 e. The predicted octanol–water partition coefficient (Wildman–Crippen LogP) is 7.12. The summed E-state index contributed by atoms with van der Waals surface area (Å²) in [6.45, 7) is 11.2. The van der Waals surface area contributed by atoms with Crippen LogP contribution in [0.2, 0.25) is 0 Å². The van der Waals surface area contributed by atoms with E-state index in [1.54, 1.807) is 66.0 Å². The smallest absolute Gasteiger partial charge is 0.460 e. The van der Waals surface area contributed by atoms with Crippen LogP contribution in [-0.2, 0) is 61.9 Å². The molecule has 1 saturated carbocycles. The second kappa shape index (κ2) is 31.9. The van der Waals surface area contributed by atoms with Gasteiger partial charge in [0.15, 0.2) is 5.78 Å². The van der Waals surface area contributed by atoms with Crippen LogP contribution in [-0.4, -0.2) is 171 Å². The Bertz CT molecular complexity index is 2030. The number of hydrogen-bond acceptors (Lipinski definition) is 16. The Morgan fingerprint density at radius 1 is 0.831 bits per heavy atom. The maximum Gasteiger partial charge on any atom is 0.522 e. The van der Waals surface area contributed by atoms with Crippen LogP contribution >= 0.6 is 0 Å². The Labute approximate surface area is 453 Å². The van der Waals surface area contributed by atoms with E-state index in [0.717, 1.165) is 11.3 Å². The molecule has 3 aliphatic heterocycles. The van der Waals surface area contributed by atoms with Crippen LogP contribution in [0.25, 0.3) is 0 Å². The number of alkyl halides is 3. The number of allylic oxidation sites excluding steroid dienone is 6. The van der Waals surface area contributed by atoms with Gasteiger partial charge >= 0.3 is 12.3 Å². The first kappa shape index (κ1) is 65.8. The van der Waals surface area contributed by atoms with Crippen LogP contribution < -0.4 is 0 Å². The van der Waals surface area contributed by atoms with E-state index in [2.05, 4.69) is 4.74 Å². The summed E-state index contributed by atoms with van der Waals surface area (Å²) in [6.07, 6.45) is 5.03. The summed E-state index contributed by atoms with van der Waals surface area (Å²) < 4.78 is 82.5. The van der Waals surface area contributed by atoms with Gasteiger partial charge in [0.1, 0.15) is 30.1 Å². The van der Waals surface area contributed by atoms with E-state index in [1.807, 2.05) is 26.0 Å². The highest BCUT2D eigenvalue weighted by atomic mass is 19.4. The monoisotopic (exact) mass is 1100 g/mol. The lowest BCUT2D eigenvalue weighted by Gasteiger charge is -2.43. The molecule has 17 nitrogen and oxygen atoms in total. The van der Waals surface area contributed by atoms with Gasteiger partial charge in [-0.1, -0.05) is 71.1 Å². The number of aliphatic hydroxyl groups is 3. The molecule has 0 spiro atoms. The maximum absolute atomic E-state index is 14.6. The number of amides is 1. The summed E-state index contributed by atoms with van der Waals surface area (Å²) in [6, 6.07) is -1.23. The lowest BCUT2D eigenvalue weighted by atomic mass is 9.78. The van der Waals surface area contributed by atoms with Gasteiger partial charge in [-0.3, -0.25) is 23.9 Å². The summed E-state index contributed by atoms with van der Waals surface area (Å²) in [5.41, 5.74) is 1.04. The highest BCUT2D eigenvalue weighted by Crippen LogP contribution is 2.38. The molecule has 4 aliphatic rings. The van der Waals surface area contributed by atoms with E-state index in [4.69, 9.17) is 33.2 Å². The Kier molecular flexibility index (Phi) is 27.3. The highest BCUT2D eigenvalue weighted by Gasteiger charge is 2.53. The quantitative estimate of drug-likeness (QED) is 0.0643. The number of hydrogen-bond donors (Lipinski definition) is 3. The number of aliphatic hydroxyl groups excluding tert-OH is 2. The van der Waals surface area contributed by atoms with Crippen LogP contribution in [0, 0.1) is 35.5 Å². The lowest BCUT2D eigenvalue weighted by molar-refractivity contribution is -0.327. The number of Topliss-reactive ketones (excluding diaryl/α,β-unsaturated/α-hetero) is 3. The van der Waals surface area contributed by atoms with E-state index in [0.29, 0.717) is 56.1 Å². The topological polar surface area (TPSA) is 223 Å². The van der Waals surface area contributed by atoms with Gasteiger partial charge in [-0.15, -0.1) is 13.2 Å². The van der Waals surface area contributed by atoms with Crippen LogP contribution in [0.15, 0.2) is 47.6 Å². The minimum Gasteiger partial charge on any atom is -0.460 e. The van der Waals surface area contributed by atoms with Gasteiger partial charge < -0.3 is 53.4 Å². The summed E-state index contributed by atoms with van der Waals surface area (Å²) in [4.78, 5) is 72.7. The molecular formula is C57H88F3NO16. The number of methoxy groups -OCH3 is 2. The van der Waals surface area contributed by atoms with Crippen molar-refractivity contribution >= 4 is 29.2 Å². The van der Waals surface area contributed by atoms with Crippen molar-refractivity contribution in [3.05, 3.63) is 47.6 Å². The van der Waals surface area contributed by atoms with Gasteiger partial charge in [-0.2, -0.15) is 0 Å². The minimum absolute atomic E-state index is 0.0104. The molecule has 3 heterocycles. The number of ether oxygens (including phenoxy) is 8. The molecule has 2 unspecified atom stereocenters. The third-order valence-corrected chi connectivity index (χ3v) is 15.6. The second-order valence-electron chi connectivity index (χ2n) is 21.7. The minimum atomic E-state index is -4.80. The van der Waals surface area contributed by atoms with Gasteiger partial charge in [0.2, 0.25) is 5.79 Å². The fourth-order valence-electron chi connectivity index (χ4n) is 11.0. The third-order valence-electron chi connectivity index (χ3n) is 15.6. The number of carbonyl (C=O) groups is 5. The number of rotatable bonds is 15. The van der Waals surface area contributed by atoms with Crippen molar-refractivity contribution in [2.24, 2.45) is 35.5 Å². The molecule has 4 rings (SSSR count). The molecule has 20 heteroatoms. The van der Waals surface area contributed by atoms with E-state index >= 15 is 0 Å². The van der Waals surface area contributed by atoms with E-state index < -0.39 is 96.6 Å². The van der Waals surface area contributed by atoms with E-state index in [9.17, 15) is 52.5 Å². The average molecular weight is 1100 g/mol. The molecule has 15 atom stereocenters. The highest BCUT2D eigenvalue weighted by molar-refractivity contribution is 6.39. The first-order chi connectivity index (χ1) is 36.4. The Morgan fingerprint density at radius 2 is 1.56 bits per heavy atom. The average Bonchev–Trinajstić information content (AvgIpc) is 3.39. The van der Waals surface area contributed by atoms with Gasteiger partial charge in [0, 0.05) is 51.4 Å². The number of nitrogens with zero attached hydrogens (tertiary/aromatic N) is 1. The normalized spacial score (nSPS) is 36.2. The Hall–Kier alpha value is -3.70. The molecule has 1 aliphatic carbocycles. The molecule has 438 valence electrons. The van der Waals surface area contributed by atoms with Crippen LogP contribution in [0.1, 0.15) is 126 Å². The number of halogens is 3. The summed E-state index contributed by atoms with van der Waals surface area (Å²) in [5.74, 6) is -8.88. The molecule has 0 aromatic rings. The molecule has 0 aromatic carbocycles. The number of carbonyl (C=O) groups excluding carboxylic acids is 5. The van der Waals surface area contributed by atoms with Crippen molar-refractivity contribution < 1.29 is 90.4 Å². The Balaban J connectivity index is 1.69. The van der Waals surface area contributed by atoms with Crippen molar-refractivity contribution in [3.8, 4) is 0 Å². The lowest BCUT2D eigenvalue weighted by Crippen LogP contribution is -2.61. The fourth-order valence-corrected chi connectivity index (χ4v) is 11.0. The predicted molar refractivity (Wildman–Crippen MR) is 278 cm³/mol. The Morgan fingerprint density at radius 3 is 2.25 bits per heavy atom. The molecule has 2 bridgehead atoms. The van der Waals surface area contributed by atoms with Crippen molar-refractivity contribution in [2.75, 3.05) is 60.4 Å². The summed E-state index contributed by atoms with van der Waals surface area (Å²) in [5, 5.41) is 33.0. The van der Waals surface area contributed by atoms with E-state index in [1.165, 1.54) is 7.11 Å². The molecule has 3 N–H and O–H groups in total. The molecule has 0 radical (unpaired) electrons. The van der Waals surface area contributed by atoms with Crippen LogP contribution in [0.4, 0.5) is 13.2 Å². The molecular weight excluding hydrogens is 1010 g/mol. The molecule has 1 amide bonds. The fraction of sp³-hybridized carbons (Fsp3) is 0.772. The van der Waals surface area contributed by atoms with Gasteiger partial charge in [-0.25, -0.2) is 4.79 Å². The number of piperidine rings is 1. The van der Waals surface area contributed by atoms with Gasteiger partial charge in [0.25, 0.3) is 11.7 Å². The zero-order valence-electron chi connectivity index (χ0n) is 46.7. The van der Waals surface area contributed by atoms with E-state index in [-0.39, 0.29) is 101 Å². The molecule has 0 aromatic heterocycles. The number of cyclic esters (lactones) is 1. The number of esters is 1. The molecule has 3 fully saturated rings. The molecule has 2 saturated heterocycles. The number of ketones is 3. The zero-order chi connectivity index (χ0) is 57.0. The van der Waals surface area contributed by atoms with Crippen LogP contribution in [0.3, 0.4) is 0 Å². The van der Waals surface area contributed by atoms with Crippen molar-refractivity contribution in [3.63, 3.8) is 0 Å². The summed E-state index contributed by atoms with van der Waals surface area (Å²) in [7, 11) is 2.95. The second-order valence-corrected chi connectivity index (χ2v) is 21.7. The third kappa shape index (κ3) is 20.1. The van der Waals surface area contributed by atoms with Crippen LogP contribution in [0.5, 0.6) is 0 Å². The van der Waals surface area contributed by atoms with Gasteiger partial charge in [0.05, 0.1) is 64.1 Å². The zero-order valence-corrected chi connectivity index (χ0v) is 46.7.